The van der Waals surface area contributed by atoms with Crippen LogP contribution in [0, 0.1) is 6.92 Å². The van der Waals surface area contributed by atoms with Gasteiger partial charge in [0.05, 0.1) is 0 Å². The van der Waals surface area contributed by atoms with Crippen LogP contribution >= 0.6 is 0 Å². The number of nitrogens with zero attached hydrogens (tertiary/aromatic N) is 2. The number of nitrogens with one attached hydrogen (secondary N) is 2. The van der Waals surface area contributed by atoms with Crippen molar-refractivity contribution < 1.29 is 18.0 Å². The third-order valence-electron chi connectivity index (χ3n) is 4.49. The number of benzene rings is 2. The van der Waals surface area contributed by atoms with Crippen molar-refractivity contribution in [3.63, 3.8) is 0 Å². The molecular weight excluding hydrogens is 380 g/mol. The van der Waals surface area contributed by atoms with E-state index in [4.69, 9.17) is 0 Å². The van der Waals surface area contributed by atoms with Gasteiger partial charge in [-0.05, 0) is 36.2 Å². The fourth-order valence-corrected chi connectivity index (χ4v) is 3.81. The highest BCUT2D eigenvalue weighted by molar-refractivity contribution is 7.87. The minimum Gasteiger partial charge on any atom is -0.336 e. The van der Waals surface area contributed by atoms with Gasteiger partial charge in [-0.2, -0.15) is 12.7 Å². The summed E-state index contributed by atoms with van der Waals surface area (Å²) in [6.45, 7) is 3.02. The molecule has 0 saturated carbocycles. The first kappa shape index (κ1) is 19.8. The molecule has 1 aliphatic rings. The molecule has 0 aromatic heterocycles. The normalized spacial score (nSPS) is 14.2. The second-order valence-corrected chi connectivity index (χ2v) is 8.34. The maximum atomic E-state index is 12.5. The van der Waals surface area contributed by atoms with Gasteiger partial charge in [0.15, 0.2) is 0 Å². The van der Waals surface area contributed by atoms with Gasteiger partial charge in [-0.1, -0.05) is 30.3 Å². The van der Waals surface area contributed by atoms with Crippen molar-refractivity contribution in [2.24, 2.45) is 0 Å². The lowest BCUT2D eigenvalue weighted by molar-refractivity contribution is 0.0979. The van der Waals surface area contributed by atoms with Crippen LogP contribution in [-0.2, 0) is 16.8 Å². The molecule has 1 fully saturated rings. The van der Waals surface area contributed by atoms with Gasteiger partial charge in [-0.15, -0.1) is 0 Å². The van der Waals surface area contributed by atoms with Crippen LogP contribution in [0.3, 0.4) is 0 Å². The zero-order valence-electron chi connectivity index (χ0n) is 15.7. The highest BCUT2D eigenvalue weighted by Gasteiger charge is 2.25. The first-order valence-electron chi connectivity index (χ1n) is 8.76. The van der Waals surface area contributed by atoms with Crippen LogP contribution in [0.15, 0.2) is 48.5 Å². The zero-order chi connectivity index (χ0) is 20.3. The van der Waals surface area contributed by atoms with Crippen LogP contribution in [-0.4, -0.2) is 44.8 Å². The third-order valence-corrected chi connectivity index (χ3v) is 5.88. The van der Waals surface area contributed by atoms with Gasteiger partial charge < -0.3 is 5.32 Å². The number of hydrogen-bond acceptors (Lipinski definition) is 4. The summed E-state index contributed by atoms with van der Waals surface area (Å²) in [4.78, 5) is 25.9. The van der Waals surface area contributed by atoms with Crippen LogP contribution in [0.2, 0.25) is 0 Å². The third kappa shape index (κ3) is 4.32. The van der Waals surface area contributed by atoms with Crippen LogP contribution in [0.5, 0.6) is 0 Å². The SMILES string of the molecule is Cc1cc(C(=O)NS(=O)(=O)N(C)Cc2ccccc2)ccc1N1CCNC1=O. The smallest absolute Gasteiger partial charge is 0.322 e. The molecule has 0 atom stereocenters. The summed E-state index contributed by atoms with van der Waals surface area (Å²) < 4.78 is 28.1. The lowest BCUT2D eigenvalue weighted by Crippen LogP contribution is -2.41. The fraction of sp³-hybridized carbons (Fsp3) is 0.263. The molecule has 148 valence electrons. The van der Waals surface area contributed by atoms with E-state index in [2.05, 4.69) is 10.0 Å². The molecule has 1 aliphatic heterocycles. The number of anilines is 1. The standard InChI is InChI=1S/C19H22N4O4S/c1-14-12-16(8-9-17(14)23-11-10-20-19(23)25)18(24)21-28(26,27)22(2)13-15-6-4-3-5-7-15/h3-9,12H,10-11,13H2,1-2H3,(H,20,25)(H,21,24). The van der Waals surface area contributed by atoms with Gasteiger partial charge in [-0.3, -0.25) is 9.69 Å². The van der Waals surface area contributed by atoms with E-state index < -0.39 is 16.1 Å². The Labute approximate surface area is 164 Å². The van der Waals surface area contributed by atoms with E-state index in [0.29, 0.717) is 24.3 Å². The Balaban J connectivity index is 1.71. The summed E-state index contributed by atoms with van der Waals surface area (Å²) in [6.07, 6.45) is 0. The quantitative estimate of drug-likeness (QED) is 0.767. The van der Waals surface area contributed by atoms with Crippen molar-refractivity contribution in [2.45, 2.75) is 13.5 Å². The first-order valence-corrected chi connectivity index (χ1v) is 10.2. The molecule has 0 bridgehead atoms. The van der Waals surface area contributed by atoms with Crippen LogP contribution in [0.25, 0.3) is 0 Å². The summed E-state index contributed by atoms with van der Waals surface area (Å²) in [5.41, 5.74) is 2.42. The molecule has 0 unspecified atom stereocenters. The predicted octanol–water partition coefficient (Wildman–Crippen LogP) is 1.63. The fourth-order valence-electron chi connectivity index (χ4n) is 2.98. The number of rotatable bonds is 6. The average molecular weight is 402 g/mol. The molecular formula is C19H22N4O4S. The maximum Gasteiger partial charge on any atom is 0.322 e. The Kier molecular flexibility index (Phi) is 5.66. The summed E-state index contributed by atoms with van der Waals surface area (Å²) in [6, 6.07) is 13.6. The number of amides is 3. The van der Waals surface area contributed by atoms with Gasteiger partial charge in [0.25, 0.3) is 5.91 Å². The molecule has 28 heavy (non-hydrogen) atoms. The number of hydrogen-bond donors (Lipinski definition) is 2. The Morgan fingerprint density at radius 3 is 2.54 bits per heavy atom. The Morgan fingerprint density at radius 2 is 1.93 bits per heavy atom. The first-order chi connectivity index (χ1) is 13.3. The number of carbonyl (C=O) groups excluding carboxylic acids is 2. The molecule has 9 heteroatoms. The highest BCUT2D eigenvalue weighted by atomic mass is 32.2. The van der Waals surface area contributed by atoms with Crippen molar-refractivity contribution in [2.75, 3.05) is 25.0 Å². The van der Waals surface area contributed by atoms with Crippen molar-refractivity contribution in [3.05, 3.63) is 65.2 Å². The summed E-state index contributed by atoms with van der Waals surface area (Å²) >= 11 is 0. The molecule has 0 aliphatic carbocycles. The molecule has 0 radical (unpaired) electrons. The van der Waals surface area contributed by atoms with E-state index in [1.54, 1.807) is 24.0 Å². The van der Waals surface area contributed by atoms with Crippen molar-refractivity contribution >= 4 is 27.8 Å². The molecule has 2 aromatic rings. The molecule has 3 rings (SSSR count). The summed E-state index contributed by atoms with van der Waals surface area (Å²) in [7, 11) is -2.59. The van der Waals surface area contributed by atoms with E-state index in [0.717, 1.165) is 9.87 Å². The lowest BCUT2D eigenvalue weighted by Gasteiger charge is -2.19. The topological polar surface area (TPSA) is 98.8 Å². The predicted molar refractivity (Wildman–Crippen MR) is 106 cm³/mol. The molecule has 0 spiro atoms. The van der Waals surface area contributed by atoms with E-state index in [1.807, 2.05) is 30.3 Å². The second-order valence-electron chi connectivity index (χ2n) is 6.56. The van der Waals surface area contributed by atoms with E-state index in [-0.39, 0.29) is 18.1 Å². The highest BCUT2D eigenvalue weighted by Crippen LogP contribution is 2.23. The van der Waals surface area contributed by atoms with Crippen molar-refractivity contribution in [1.82, 2.24) is 14.3 Å². The van der Waals surface area contributed by atoms with Gasteiger partial charge >= 0.3 is 16.2 Å². The number of carbonyl (C=O) groups is 2. The average Bonchev–Trinajstić information content (AvgIpc) is 3.07. The van der Waals surface area contributed by atoms with E-state index in [1.165, 1.54) is 13.1 Å². The largest absolute Gasteiger partial charge is 0.336 e. The molecule has 1 saturated heterocycles. The van der Waals surface area contributed by atoms with Crippen molar-refractivity contribution in [3.8, 4) is 0 Å². The Hall–Kier alpha value is -2.91. The Morgan fingerprint density at radius 1 is 1.21 bits per heavy atom. The van der Waals surface area contributed by atoms with E-state index in [9.17, 15) is 18.0 Å². The maximum absolute atomic E-state index is 12.5. The van der Waals surface area contributed by atoms with Crippen molar-refractivity contribution in [1.29, 1.82) is 0 Å². The van der Waals surface area contributed by atoms with Gasteiger partial charge in [0.2, 0.25) is 0 Å². The Bertz CT molecular complexity index is 992. The number of urea groups is 1. The molecule has 3 amide bonds. The van der Waals surface area contributed by atoms with E-state index >= 15 is 0 Å². The zero-order valence-corrected chi connectivity index (χ0v) is 16.5. The van der Waals surface area contributed by atoms with Crippen LogP contribution in [0.4, 0.5) is 10.5 Å². The minimum absolute atomic E-state index is 0.144. The lowest BCUT2D eigenvalue weighted by atomic mass is 10.1. The summed E-state index contributed by atoms with van der Waals surface area (Å²) in [5, 5.41) is 2.72. The molecule has 2 aromatic carbocycles. The number of aryl methyl sites for hydroxylation is 1. The van der Waals surface area contributed by atoms with Gasteiger partial charge in [0.1, 0.15) is 0 Å². The second kappa shape index (κ2) is 7.99. The van der Waals surface area contributed by atoms with Gasteiger partial charge in [0, 0.05) is 37.9 Å². The summed E-state index contributed by atoms with van der Waals surface area (Å²) in [5.74, 6) is -0.722. The molecule has 2 N–H and O–H groups in total. The minimum atomic E-state index is -3.99. The van der Waals surface area contributed by atoms with Crippen LogP contribution in [0.1, 0.15) is 21.5 Å². The molecule has 1 heterocycles. The molecule has 8 nitrogen and oxygen atoms in total. The monoisotopic (exact) mass is 402 g/mol. The van der Waals surface area contributed by atoms with Gasteiger partial charge in [-0.25, -0.2) is 9.52 Å². The van der Waals surface area contributed by atoms with Crippen LogP contribution < -0.4 is 14.9 Å².